The van der Waals surface area contributed by atoms with Crippen LogP contribution in [-0.2, 0) is 4.79 Å². The molecule has 1 atom stereocenters. The van der Waals surface area contributed by atoms with Crippen molar-refractivity contribution in [1.29, 1.82) is 0 Å². The number of halogens is 1. The van der Waals surface area contributed by atoms with Gasteiger partial charge in [-0.3, -0.25) is 4.79 Å². The molecule has 7 heteroatoms. The molecule has 0 saturated carbocycles. The van der Waals surface area contributed by atoms with Gasteiger partial charge in [-0.2, -0.15) is 0 Å². The molecule has 0 aliphatic carbocycles. The van der Waals surface area contributed by atoms with Gasteiger partial charge in [-0.25, -0.2) is 4.79 Å². The molecule has 0 radical (unpaired) electrons. The van der Waals surface area contributed by atoms with Crippen LogP contribution in [0.25, 0.3) is 0 Å². The molecule has 0 bridgehead atoms. The maximum absolute atomic E-state index is 12.0. The third-order valence-electron chi connectivity index (χ3n) is 3.72. The van der Waals surface area contributed by atoms with Crippen LogP contribution < -0.4 is 10.1 Å². The predicted molar refractivity (Wildman–Crippen MR) is 82.3 cm³/mol. The molecule has 2 rings (SSSR count). The van der Waals surface area contributed by atoms with Gasteiger partial charge in [-0.05, 0) is 31.5 Å². The first-order valence-corrected chi connectivity index (χ1v) is 7.43. The molecule has 22 heavy (non-hydrogen) atoms. The highest BCUT2D eigenvalue weighted by Crippen LogP contribution is 2.29. The van der Waals surface area contributed by atoms with Crippen LogP contribution in [0.3, 0.4) is 0 Å². The van der Waals surface area contributed by atoms with Gasteiger partial charge < -0.3 is 20.1 Å². The van der Waals surface area contributed by atoms with E-state index in [2.05, 4.69) is 5.32 Å². The molecule has 1 unspecified atom stereocenters. The van der Waals surface area contributed by atoms with Gasteiger partial charge in [0.05, 0.1) is 12.0 Å². The zero-order chi connectivity index (χ0) is 16.2. The first-order chi connectivity index (χ1) is 10.4. The van der Waals surface area contributed by atoms with Crippen LogP contribution in [0.2, 0.25) is 5.02 Å². The Morgan fingerprint density at radius 3 is 2.91 bits per heavy atom. The Kier molecular flexibility index (Phi) is 5.13. The molecule has 1 saturated heterocycles. The largest absolute Gasteiger partial charge is 0.492 e. The smallest absolute Gasteiger partial charge is 0.317 e. The van der Waals surface area contributed by atoms with Crippen LogP contribution in [-0.4, -0.2) is 48.2 Å². The Labute approximate surface area is 134 Å². The second-order valence-electron chi connectivity index (χ2n) is 5.58. The number of carboxylic acid groups (broad SMARTS) is 1. The van der Waals surface area contributed by atoms with Crippen LogP contribution in [0.15, 0.2) is 24.3 Å². The number of carboxylic acids is 1. The van der Waals surface area contributed by atoms with E-state index in [1.807, 2.05) is 0 Å². The fourth-order valence-corrected chi connectivity index (χ4v) is 2.48. The van der Waals surface area contributed by atoms with E-state index < -0.39 is 11.4 Å². The molecule has 2 N–H and O–H groups in total. The lowest BCUT2D eigenvalue weighted by atomic mass is 9.90. The number of carbonyl (C=O) groups is 2. The minimum atomic E-state index is -0.868. The van der Waals surface area contributed by atoms with E-state index in [9.17, 15) is 9.59 Å². The van der Waals surface area contributed by atoms with E-state index in [1.54, 1.807) is 31.2 Å². The molecule has 0 spiro atoms. The summed E-state index contributed by atoms with van der Waals surface area (Å²) in [6, 6.07) is 6.75. The van der Waals surface area contributed by atoms with Gasteiger partial charge in [0.15, 0.2) is 0 Å². The Morgan fingerprint density at radius 1 is 1.50 bits per heavy atom. The molecule has 1 aromatic rings. The SMILES string of the molecule is CC1(C(=O)O)CCN(C(=O)NCCOc2cccc(Cl)c2)C1. The van der Waals surface area contributed by atoms with Crippen LogP contribution >= 0.6 is 11.6 Å². The number of benzene rings is 1. The summed E-state index contributed by atoms with van der Waals surface area (Å²) in [7, 11) is 0. The summed E-state index contributed by atoms with van der Waals surface area (Å²) < 4.78 is 5.47. The van der Waals surface area contributed by atoms with Crippen molar-refractivity contribution >= 4 is 23.6 Å². The average molecular weight is 327 g/mol. The van der Waals surface area contributed by atoms with E-state index in [1.165, 1.54) is 4.90 Å². The van der Waals surface area contributed by atoms with Crippen LogP contribution in [0, 0.1) is 5.41 Å². The Balaban J connectivity index is 1.71. The number of hydrogen-bond acceptors (Lipinski definition) is 3. The Bertz CT molecular complexity index is 566. The number of aliphatic carboxylic acids is 1. The number of nitrogens with zero attached hydrogens (tertiary/aromatic N) is 1. The monoisotopic (exact) mass is 326 g/mol. The zero-order valence-electron chi connectivity index (χ0n) is 12.3. The number of nitrogens with one attached hydrogen (secondary N) is 1. The van der Waals surface area contributed by atoms with E-state index in [0.717, 1.165) is 0 Å². The number of rotatable bonds is 5. The molecule has 1 heterocycles. The van der Waals surface area contributed by atoms with Crippen molar-refractivity contribution in [2.24, 2.45) is 5.41 Å². The summed E-state index contributed by atoms with van der Waals surface area (Å²) in [6.45, 7) is 2.99. The maximum Gasteiger partial charge on any atom is 0.317 e. The quantitative estimate of drug-likeness (QED) is 0.813. The first-order valence-electron chi connectivity index (χ1n) is 7.05. The predicted octanol–water partition coefficient (Wildman–Crippen LogP) is 2.22. The third kappa shape index (κ3) is 4.04. The normalized spacial score (nSPS) is 20.7. The van der Waals surface area contributed by atoms with E-state index in [0.29, 0.717) is 36.9 Å². The molecular formula is C15H19ClN2O4. The lowest BCUT2D eigenvalue weighted by Gasteiger charge is -2.20. The van der Waals surface area contributed by atoms with Gasteiger partial charge in [0.2, 0.25) is 0 Å². The molecule has 1 aliphatic rings. The molecule has 6 nitrogen and oxygen atoms in total. The lowest BCUT2D eigenvalue weighted by Crippen LogP contribution is -2.42. The van der Waals surface area contributed by atoms with E-state index >= 15 is 0 Å². The minimum Gasteiger partial charge on any atom is -0.492 e. The summed E-state index contributed by atoms with van der Waals surface area (Å²) in [4.78, 5) is 24.6. The van der Waals surface area contributed by atoms with Crippen molar-refractivity contribution in [2.45, 2.75) is 13.3 Å². The number of ether oxygens (including phenoxy) is 1. The zero-order valence-corrected chi connectivity index (χ0v) is 13.1. The molecule has 1 fully saturated rings. The second kappa shape index (κ2) is 6.87. The van der Waals surface area contributed by atoms with Crippen molar-refractivity contribution in [3.05, 3.63) is 29.3 Å². The van der Waals surface area contributed by atoms with Crippen molar-refractivity contribution in [1.82, 2.24) is 10.2 Å². The van der Waals surface area contributed by atoms with Gasteiger partial charge in [0.1, 0.15) is 12.4 Å². The van der Waals surface area contributed by atoms with E-state index in [4.69, 9.17) is 21.4 Å². The highest BCUT2D eigenvalue weighted by atomic mass is 35.5. The van der Waals surface area contributed by atoms with Crippen LogP contribution in [0.4, 0.5) is 4.79 Å². The van der Waals surface area contributed by atoms with Gasteiger partial charge in [-0.15, -0.1) is 0 Å². The van der Waals surface area contributed by atoms with Crippen molar-refractivity contribution in [3.8, 4) is 5.75 Å². The fourth-order valence-electron chi connectivity index (χ4n) is 2.30. The number of urea groups is 1. The van der Waals surface area contributed by atoms with Crippen LogP contribution in [0.5, 0.6) is 5.75 Å². The average Bonchev–Trinajstić information content (AvgIpc) is 2.88. The molecule has 0 aromatic heterocycles. The summed E-state index contributed by atoms with van der Waals surface area (Å²) in [6.07, 6.45) is 0.467. The first kappa shape index (κ1) is 16.4. The number of carbonyl (C=O) groups excluding carboxylic acids is 1. The van der Waals surface area contributed by atoms with Gasteiger partial charge >= 0.3 is 12.0 Å². The second-order valence-corrected chi connectivity index (χ2v) is 6.01. The molecule has 2 amide bonds. The van der Waals surface area contributed by atoms with Gasteiger partial charge in [0.25, 0.3) is 0 Å². The maximum atomic E-state index is 12.0. The Morgan fingerprint density at radius 2 is 2.27 bits per heavy atom. The van der Waals surface area contributed by atoms with Gasteiger partial charge in [0, 0.05) is 18.1 Å². The lowest BCUT2D eigenvalue weighted by molar-refractivity contribution is -0.147. The topological polar surface area (TPSA) is 78.9 Å². The molecule has 1 aliphatic heterocycles. The summed E-state index contributed by atoms with van der Waals surface area (Å²) >= 11 is 5.84. The van der Waals surface area contributed by atoms with Crippen molar-refractivity contribution < 1.29 is 19.4 Å². The number of hydrogen-bond donors (Lipinski definition) is 2. The van der Waals surface area contributed by atoms with E-state index in [-0.39, 0.29) is 12.6 Å². The van der Waals surface area contributed by atoms with Crippen molar-refractivity contribution in [2.75, 3.05) is 26.2 Å². The number of amides is 2. The van der Waals surface area contributed by atoms with Crippen LogP contribution in [0.1, 0.15) is 13.3 Å². The summed E-state index contributed by atoms with van der Waals surface area (Å²) in [5, 5.41) is 12.5. The third-order valence-corrected chi connectivity index (χ3v) is 3.96. The highest BCUT2D eigenvalue weighted by molar-refractivity contribution is 6.30. The summed E-state index contributed by atoms with van der Waals surface area (Å²) in [5.74, 6) is -0.228. The van der Waals surface area contributed by atoms with Crippen molar-refractivity contribution in [3.63, 3.8) is 0 Å². The Hall–Kier alpha value is -1.95. The summed E-state index contributed by atoms with van der Waals surface area (Å²) in [5.41, 5.74) is -0.853. The standard InChI is InChI=1S/C15H19ClN2O4/c1-15(13(19)20)5-7-18(10-15)14(21)17-6-8-22-12-4-2-3-11(16)9-12/h2-4,9H,5-8,10H2,1H3,(H,17,21)(H,19,20). The fraction of sp³-hybridized carbons (Fsp3) is 0.467. The highest BCUT2D eigenvalue weighted by Gasteiger charge is 2.42. The molecule has 1 aromatic carbocycles. The molecule has 120 valence electrons. The minimum absolute atomic E-state index is 0.226. The van der Waals surface area contributed by atoms with Gasteiger partial charge in [-0.1, -0.05) is 17.7 Å². The molecular weight excluding hydrogens is 308 g/mol. The number of likely N-dealkylation sites (tertiary alicyclic amines) is 1.